The van der Waals surface area contributed by atoms with Gasteiger partial charge >= 0.3 is 5.97 Å². The smallest absolute Gasteiger partial charge is 0.326 e. The number of rotatable bonds is 17. The van der Waals surface area contributed by atoms with Crippen molar-refractivity contribution in [1.82, 2.24) is 5.32 Å². The third kappa shape index (κ3) is 12.4. The molecule has 160 valence electrons. The number of carbonyl (C=O) groups is 1. The first-order chi connectivity index (χ1) is 12.8. The first-order valence-corrected chi connectivity index (χ1v) is 11.7. The molecule has 0 amide bonds. The lowest BCUT2D eigenvalue weighted by Gasteiger charge is -2.29. The molecule has 1 atom stereocenters. The lowest BCUT2D eigenvalue weighted by atomic mass is 9.79. The fourth-order valence-corrected chi connectivity index (χ4v) is 3.73. The summed E-state index contributed by atoms with van der Waals surface area (Å²) in [4.78, 5) is 11.2. The zero-order valence-corrected chi connectivity index (χ0v) is 19.5. The van der Waals surface area contributed by atoms with Crippen molar-refractivity contribution in [2.24, 2.45) is 5.41 Å². The van der Waals surface area contributed by atoms with E-state index in [2.05, 4.69) is 45.6 Å². The molecule has 0 aromatic carbocycles. The highest BCUT2D eigenvalue weighted by molar-refractivity contribution is 7.80. The Kier molecular flexibility index (Phi) is 14.9. The molecule has 4 heteroatoms. The van der Waals surface area contributed by atoms with Crippen molar-refractivity contribution in [3.63, 3.8) is 0 Å². The number of nitrogens with one attached hydrogen (secondary N) is 1. The van der Waals surface area contributed by atoms with Crippen LogP contribution in [0.1, 0.15) is 112 Å². The van der Waals surface area contributed by atoms with E-state index < -0.39 is 12.0 Å². The van der Waals surface area contributed by atoms with Crippen LogP contribution in [0.5, 0.6) is 0 Å². The number of hydrogen-bond acceptors (Lipinski definition) is 3. The maximum atomic E-state index is 11.2. The Morgan fingerprint density at radius 1 is 0.926 bits per heavy atom. The summed E-state index contributed by atoms with van der Waals surface area (Å²) in [7, 11) is 0. The molecule has 27 heavy (non-hydrogen) atoms. The van der Waals surface area contributed by atoms with E-state index in [1.54, 1.807) is 0 Å². The lowest BCUT2D eigenvalue weighted by molar-refractivity contribution is -0.138. The summed E-state index contributed by atoms with van der Waals surface area (Å²) in [6.07, 6.45) is 16.1. The molecule has 1 unspecified atom stereocenters. The number of carboxylic acids is 1. The van der Waals surface area contributed by atoms with Crippen LogP contribution in [0.3, 0.4) is 0 Å². The Bertz CT molecular complexity index is 432. The Morgan fingerprint density at radius 2 is 1.37 bits per heavy atom. The summed E-state index contributed by atoms with van der Waals surface area (Å²) in [5.41, 5.74) is 2.32. The molecule has 0 saturated heterocycles. The molecule has 0 aliphatic heterocycles. The van der Waals surface area contributed by atoms with Gasteiger partial charge in [-0.1, -0.05) is 91.4 Å². The van der Waals surface area contributed by atoms with Gasteiger partial charge in [0.25, 0.3) is 0 Å². The van der Waals surface area contributed by atoms with Gasteiger partial charge < -0.3 is 10.4 Å². The number of carboxylic acid groups (broad SMARTS) is 1. The van der Waals surface area contributed by atoms with Gasteiger partial charge in [0.05, 0.1) is 0 Å². The summed E-state index contributed by atoms with van der Waals surface area (Å²) in [5, 5.41) is 12.3. The third-order valence-electron chi connectivity index (χ3n) is 5.85. The highest BCUT2D eigenvalue weighted by Crippen LogP contribution is 2.33. The van der Waals surface area contributed by atoms with Crippen molar-refractivity contribution in [1.29, 1.82) is 0 Å². The van der Waals surface area contributed by atoms with Crippen molar-refractivity contribution in [3.05, 3.63) is 11.3 Å². The highest BCUT2D eigenvalue weighted by atomic mass is 32.1. The lowest BCUT2D eigenvalue weighted by Crippen LogP contribution is -2.38. The Balaban J connectivity index is 4.04. The monoisotopic (exact) mass is 399 g/mol. The highest BCUT2D eigenvalue weighted by Gasteiger charge is 2.23. The van der Waals surface area contributed by atoms with Gasteiger partial charge in [-0.25, -0.2) is 4.79 Å². The maximum absolute atomic E-state index is 11.2. The minimum Gasteiger partial charge on any atom is -0.480 e. The molecular formula is C23H45NO2S. The topological polar surface area (TPSA) is 49.3 Å². The molecule has 0 aliphatic rings. The maximum Gasteiger partial charge on any atom is 0.326 e. The molecule has 0 fully saturated rings. The minimum absolute atomic E-state index is 0.0933. The van der Waals surface area contributed by atoms with Gasteiger partial charge in [0.1, 0.15) is 6.04 Å². The molecule has 0 heterocycles. The average molecular weight is 400 g/mol. The minimum atomic E-state index is -0.847. The largest absolute Gasteiger partial charge is 0.480 e. The summed E-state index contributed by atoms with van der Waals surface area (Å²) in [5.74, 6) is -0.556. The van der Waals surface area contributed by atoms with Crippen LogP contribution < -0.4 is 5.32 Å². The van der Waals surface area contributed by atoms with Crippen molar-refractivity contribution in [2.45, 2.75) is 118 Å². The van der Waals surface area contributed by atoms with Crippen molar-refractivity contribution < 1.29 is 9.90 Å². The Morgan fingerprint density at radius 3 is 1.78 bits per heavy atom. The molecular weight excluding hydrogens is 354 g/mol. The van der Waals surface area contributed by atoms with Crippen LogP contribution in [-0.2, 0) is 4.79 Å². The zero-order chi connectivity index (χ0) is 20.7. The van der Waals surface area contributed by atoms with Gasteiger partial charge in [-0.05, 0) is 31.3 Å². The molecule has 0 rings (SSSR count). The Labute approximate surface area is 174 Å². The van der Waals surface area contributed by atoms with Crippen LogP contribution in [0.25, 0.3) is 0 Å². The summed E-state index contributed by atoms with van der Waals surface area (Å²) < 4.78 is 0. The van der Waals surface area contributed by atoms with Crippen molar-refractivity contribution in [3.8, 4) is 0 Å². The molecule has 0 aliphatic carbocycles. The predicted octanol–water partition coefficient (Wildman–Crippen LogP) is 6.98. The standard InChI is InChI=1S/C23H45NO2S/c1-6-7-8-9-10-11-12-13-14-15-16-17-23(4,5)19(2)20(3)24-21(18-27)22(25)26/h21,24,27H,6-18H2,1-5H3,(H,25,26)/b20-19+. The first-order valence-electron chi connectivity index (χ1n) is 11.0. The van der Waals surface area contributed by atoms with Crippen LogP contribution in [0, 0.1) is 5.41 Å². The van der Waals surface area contributed by atoms with E-state index in [1.807, 2.05) is 6.92 Å². The quantitative estimate of drug-likeness (QED) is 0.183. The van der Waals surface area contributed by atoms with Gasteiger partial charge in [0.15, 0.2) is 0 Å². The van der Waals surface area contributed by atoms with Crippen LogP contribution in [0.2, 0.25) is 0 Å². The van der Waals surface area contributed by atoms with E-state index in [1.165, 1.54) is 76.2 Å². The van der Waals surface area contributed by atoms with Crippen molar-refractivity contribution >= 4 is 18.6 Å². The van der Waals surface area contributed by atoms with Gasteiger partial charge in [0, 0.05) is 11.4 Å². The molecule has 0 radical (unpaired) electrons. The number of thiol groups is 1. The van der Waals surface area contributed by atoms with Crippen LogP contribution in [-0.4, -0.2) is 22.9 Å². The van der Waals surface area contributed by atoms with E-state index in [0.29, 0.717) is 5.75 Å². The molecule has 0 spiro atoms. The number of aliphatic carboxylic acids is 1. The molecule has 2 N–H and O–H groups in total. The molecule has 0 aromatic rings. The second-order valence-electron chi connectivity index (χ2n) is 8.64. The van der Waals surface area contributed by atoms with Gasteiger partial charge in [0.2, 0.25) is 0 Å². The summed E-state index contributed by atoms with van der Waals surface area (Å²) >= 11 is 4.13. The zero-order valence-electron chi connectivity index (χ0n) is 18.6. The van der Waals surface area contributed by atoms with E-state index in [9.17, 15) is 9.90 Å². The number of unbranched alkanes of at least 4 members (excludes halogenated alkanes) is 10. The number of hydrogen-bond donors (Lipinski definition) is 3. The van der Waals surface area contributed by atoms with E-state index >= 15 is 0 Å². The summed E-state index contributed by atoms with van der Waals surface area (Å²) in [6, 6.07) is -0.624. The Hall–Kier alpha value is -0.640. The predicted molar refractivity (Wildman–Crippen MR) is 122 cm³/mol. The van der Waals surface area contributed by atoms with Gasteiger partial charge in [-0.3, -0.25) is 0 Å². The van der Waals surface area contributed by atoms with Crippen molar-refractivity contribution in [2.75, 3.05) is 5.75 Å². The molecule has 3 nitrogen and oxygen atoms in total. The van der Waals surface area contributed by atoms with E-state index in [4.69, 9.17) is 0 Å². The van der Waals surface area contributed by atoms with E-state index in [0.717, 1.165) is 12.1 Å². The van der Waals surface area contributed by atoms with Gasteiger partial charge in [-0.2, -0.15) is 12.6 Å². The molecule has 0 bridgehead atoms. The molecule has 0 saturated carbocycles. The fraction of sp³-hybridized carbons (Fsp3) is 0.870. The summed E-state index contributed by atoms with van der Waals surface area (Å²) in [6.45, 7) is 10.9. The fourth-order valence-electron chi connectivity index (χ4n) is 3.48. The SMILES string of the molecule is CCCCCCCCCCCCCC(C)(C)/C(C)=C(\C)NC(CS)C(=O)O. The third-order valence-corrected chi connectivity index (χ3v) is 6.22. The average Bonchev–Trinajstić information content (AvgIpc) is 2.62. The van der Waals surface area contributed by atoms with Crippen LogP contribution >= 0.6 is 12.6 Å². The second-order valence-corrected chi connectivity index (χ2v) is 9.00. The van der Waals surface area contributed by atoms with Crippen LogP contribution in [0.15, 0.2) is 11.3 Å². The number of allylic oxidation sites excluding steroid dienone is 2. The first kappa shape index (κ1) is 26.4. The van der Waals surface area contributed by atoms with E-state index in [-0.39, 0.29) is 5.41 Å². The van der Waals surface area contributed by atoms with Gasteiger partial charge in [-0.15, -0.1) is 0 Å². The molecule has 0 aromatic heterocycles. The van der Waals surface area contributed by atoms with Crippen LogP contribution in [0.4, 0.5) is 0 Å². The second kappa shape index (κ2) is 15.3. The normalized spacial score (nSPS) is 14.0.